The number of anilines is 1. The molecule has 3 aromatic carbocycles. The van der Waals surface area contributed by atoms with Crippen LogP contribution in [0.1, 0.15) is 12.5 Å². The van der Waals surface area contributed by atoms with Crippen molar-refractivity contribution in [1.29, 1.82) is 0 Å². The SMILES string of the molecule is CCOc1ccc(S(=O)(=O)N2CCc3ccccc32)c2ccccc12. The quantitative estimate of drug-likeness (QED) is 0.712. The van der Waals surface area contributed by atoms with Crippen molar-refractivity contribution in [2.45, 2.75) is 18.2 Å². The molecule has 0 radical (unpaired) electrons. The summed E-state index contributed by atoms with van der Waals surface area (Å²) in [6, 6.07) is 18.6. The summed E-state index contributed by atoms with van der Waals surface area (Å²) in [4.78, 5) is 0.322. The van der Waals surface area contributed by atoms with Crippen LogP contribution in [-0.4, -0.2) is 21.6 Å². The summed E-state index contributed by atoms with van der Waals surface area (Å²) in [6.45, 7) is 2.93. The van der Waals surface area contributed by atoms with Crippen molar-refractivity contribution in [3.63, 3.8) is 0 Å². The fourth-order valence-electron chi connectivity index (χ4n) is 3.43. The number of benzene rings is 3. The third-order valence-electron chi connectivity index (χ3n) is 4.56. The number of sulfonamides is 1. The highest BCUT2D eigenvalue weighted by atomic mass is 32.2. The van der Waals surface area contributed by atoms with Gasteiger partial charge in [0.05, 0.1) is 17.2 Å². The molecule has 1 heterocycles. The second-order valence-corrected chi connectivity index (χ2v) is 7.83. The molecule has 128 valence electrons. The van der Waals surface area contributed by atoms with Crippen molar-refractivity contribution in [3.05, 3.63) is 66.2 Å². The number of nitrogens with zero attached hydrogens (tertiary/aromatic N) is 1. The van der Waals surface area contributed by atoms with Crippen LogP contribution < -0.4 is 9.04 Å². The smallest absolute Gasteiger partial charge is 0.264 e. The van der Waals surface area contributed by atoms with Gasteiger partial charge in [0, 0.05) is 17.3 Å². The summed E-state index contributed by atoms with van der Waals surface area (Å²) < 4.78 is 33.9. The molecule has 0 amide bonds. The number of hydrogen-bond acceptors (Lipinski definition) is 3. The van der Waals surface area contributed by atoms with Crippen LogP contribution in [0.3, 0.4) is 0 Å². The van der Waals surface area contributed by atoms with Crippen LogP contribution in [0.2, 0.25) is 0 Å². The van der Waals surface area contributed by atoms with Crippen molar-refractivity contribution < 1.29 is 13.2 Å². The van der Waals surface area contributed by atoms with E-state index in [0.717, 1.165) is 23.1 Å². The van der Waals surface area contributed by atoms with Gasteiger partial charge in [0.1, 0.15) is 5.75 Å². The van der Waals surface area contributed by atoms with Crippen LogP contribution in [0.15, 0.2) is 65.6 Å². The Kier molecular flexibility index (Phi) is 3.88. The minimum atomic E-state index is -3.63. The lowest BCUT2D eigenvalue weighted by Gasteiger charge is -2.21. The molecule has 5 heteroatoms. The van der Waals surface area contributed by atoms with Crippen LogP contribution in [-0.2, 0) is 16.4 Å². The fourth-order valence-corrected chi connectivity index (χ4v) is 5.13. The minimum Gasteiger partial charge on any atom is -0.493 e. The van der Waals surface area contributed by atoms with Gasteiger partial charge >= 0.3 is 0 Å². The molecule has 1 aliphatic heterocycles. The number of ether oxygens (including phenoxy) is 1. The lowest BCUT2D eigenvalue weighted by molar-refractivity contribution is 0.344. The van der Waals surface area contributed by atoms with Crippen molar-refractivity contribution in [3.8, 4) is 5.75 Å². The van der Waals surface area contributed by atoms with Gasteiger partial charge in [-0.3, -0.25) is 4.31 Å². The minimum absolute atomic E-state index is 0.322. The Morgan fingerprint density at radius 1 is 0.960 bits per heavy atom. The first-order valence-corrected chi connectivity index (χ1v) is 9.82. The fraction of sp³-hybridized carbons (Fsp3) is 0.200. The normalized spacial score (nSPS) is 13.9. The van der Waals surface area contributed by atoms with Gasteiger partial charge in [0.25, 0.3) is 10.0 Å². The Morgan fingerprint density at radius 3 is 2.48 bits per heavy atom. The van der Waals surface area contributed by atoms with Gasteiger partial charge in [0.15, 0.2) is 0 Å². The summed E-state index contributed by atoms with van der Waals surface area (Å²) >= 11 is 0. The molecule has 4 rings (SSSR count). The highest BCUT2D eigenvalue weighted by Crippen LogP contribution is 2.37. The zero-order chi connectivity index (χ0) is 17.4. The Bertz CT molecular complexity index is 1040. The van der Waals surface area contributed by atoms with Crippen molar-refractivity contribution in [2.24, 2.45) is 0 Å². The molecule has 0 atom stereocenters. The third-order valence-corrected chi connectivity index (χ3v) is 6.43. The van der Waals surface area contributed by atoms with Gasteiger partial charge in [-0.05, 0) is 37.1 Å². The van der Waals surface area contributed by atoms with E-state index in [1.54, 1.807) is 12.1 Å². The molecule has 0 fully saturated rings. The molecule has 1 aliphatic rings. The van der Waals surface area contributed by atoms with E-state index in [1.807, 2.05) is 55.5 Å². The second kappa shape index (κ2) is 6.08. The zero-order valence-electron chi connectivity index (χ0n) is 14.0. The highest BCUT2D eigenvalue weighted by Gasteiger charge is 2.32. The highest BCUT2D eigenvalue weighted by molar-refractivity contribution is 7.93. The van der Waals surface area contributed by atoms with Gasteiger partial charge in [-0.25, -0.2) is 8.42 Å². The molecule has 3 aromatic rings. The van der Waals surface area contributed by atoms with Crippen molar-refractivity contribution in [2.75, 3.05) is 17.5 Å². The monoisotopic (exact) mass is 353 g/mol. The summed E-state index contributed by atoms with van der Waals surface area (Å²) in [5.41, 5.74) is 1.85. The molecule has 0 bridgehead atoms. The Morgan fingerprint density at radius 2 is 1.68 bits per heavy atom. The van der Waals surface area contributed by atoms with E-state index >= 15 is 0 Å². The topological polar surface area (TPSA) is 46.6 Å². The number of hydrogen-bond donors (Lipinski definition) is 0. The van der Waals surface area contributed by atoms with Crippen LogP contribution >= 0.6 is 0 Å². The Hall–Kier alpha value is -2.53. The number of fused-ring (bicyclic) bond motifs is 2. The third kappa shape index (κ3) is 2.55. The Labute approximate surface area is 147 Å². The van der Waals surface area contributed by atoms with E-state index < -0.39 is 10.0 Å². The lowest BCUT2D eigenvalue weighted by atomic mass is 10.1. The van der Waals surface area contributed by atoms with Crippen LogP contribution in [0.25, 0.3) is 10.8 Å². The molecule has 25 heavy (non-hydrogen) atoms. The second-order valence-electron chi connectivity index (χ2n) is 6.00. The molecular weight excluding hydrogens is 334 g/mol. The van der Waals surface area contributed by atoms with E-state index in [0.29, 0.717) is 29.2 Å². The van der Waals surface area contributed by atoms with Crippen LogP contribution in [0.4, 0.5) is 5.69 Å². The first-order valence-electron chi connectivity index (χ1n) is 8.38. The Balaban J connectivity index is 1.89. The zero-order valence-corrected chi connectivity index (χ0v) is 14.8. The molecule has 0 aliphatic carbocycles. The molecular formula is C20H19NO3S. The number of para-hydroxylation sites is 1. The van der Waals surface area contributed by atoms with Crippen molar-refractivity contribution >= 4 is 26.5 Å². The number of rotatable bonds is 4. The molecule has 4 nitrogen and oxygen atoms in total. The summed E-state index contributed by atoms with van der Waals surface area (Å²) in [5, 5.41) is 1.51. The van der Waals surface area contributed by atoms with Crippen LogP contribution in [0, 0.1) is 0 Å². The van der Waals surface area contributed by atoms with Gasteiger partial charge in [0.2, 0.25) is 0 Å². The largest absolute Gasteiger partial charge is 0.493 e. The maximum absolute atomic E-state index is 13.4. The maximum atomic E-state index is 13.4. The van der Waals surface area contributed by atoms with Gasteiger partial charge in [-0.1, -0.05) is 42.5 Å². The van der Waals surface area contributed by atoms with E-state index in [-0.39, 0.29) is 0 Å². The van der Waals surface area contributed by atoms with Gasteiger partial charge < -0.3 is 4.74 Å². The van der Waals surface area contributed by atoms with Gasteiger partial charge in [-0.2, -0.15) is 0 Å². The first-order chi connectivity index (χ1) is 12.1. The molecule has 0 saturated heterocycles. The molecule has 0 N–H and O–H groups in total. The average molecular weight is 353 g/mol. The van der Waals surface area contributed by atoms with E-state index in [2.05, 4.69) is 0 Å². The summed E-state index contributed by atoms with van der Waals surface area (Å²) in [7, 11) is -3.63. The lowest BCUT2D eigenvalue weighted by Crippen LogP contribution is -2.29. The molecule has 0 saturated carbocycles. The standard InChI is InChI=1S/C20H19NO3S/c1-2-24-19-11-12-20(17-9-5-4-8-16(17)19)25(22,23)21-14-13-15-7-3-6-10-18(15)21/h3-12H,2,13-14H2,1H3. The van der Waals surface area contributed by atoms with Crippen LogP contribution in [0.5, 0.6) is 5.75 Å². The van der Waals surface area contributed by atoms with Gasteiger partial charge in [-0.15, -0.1) is 0 Å². The molecule has 0 aromatic heterocycles. The predicted molar refractivity (Wildman–Crippen MR) is 99.8 cm³/mol. The first kappa shape index (κ1) is 16.0. The summed E-state index contributed by atoms with van der Waals surface area (Å²) in [5.74, 6) is 0.707. The van der Waals surface area contributed by atoms with E-state index in [1.165, 1.54) is 4.31 Å². The predicted octanol–water partition coefficient (Wildman–Crippen LogP) is 3.99. The molecule has 0 spiro atoms. The van der Waals surface area contributed by atoms with E-state index in [4.69, 9.17) is 4.74 Å². The summed E-state index contributed by atoms with van der Waals surface area (Å²) in [6.07, 6.45) is 0.740. The average Bonchev–Trinajstić information content (AvgIpc) is 3.07. The maximum Gasteiger partial charge on any atom is 0.264 e. The van der Waals surface area contributed by atoms with Crippen molar-refractivity contribution in [1.82, 2.24) is 0 Å². The van der Waals surface area contributed by atoms with E-state index in [9.17, 15) is 8.42 Å². The molecule has 0 unspecified atom stereocenters.